The van der Waals surface area contributed by atoms with E-state index in [4.69, 9.17) is 4.74 Å². The number of aromatic nitrogens is 3. The molecule has 0 saturated carbocycles. The van der Waals surface area contributed by atoms with Crippen LogP contribution in [0, 0.1) is 0 Å². The van der Waals surface area contributed by atoms with Gasteiger partial charge in [0.05, 0.1) is 5.52 Å². The number of rotatable bonds is 2. The van der Waals surface area contributed by atoms with Gasteiger partial charge in [0.25, 0.3) is 0 Å². The van der Waals surface area contributed by atoms with Crippen molar-refractivity contribution in [1.29, 1.82) is 0 Å². The van der Waals surface area contributed by atoms with Gasteiger partial charge in [0.15, 0.2) is 4.34 Å². The molecule has 1 aromatic carbocycles. The summed E-state index contributed by atoms with van der Waals surface area (Å²) in [4.78, 5) is 12.3. The molecule has 0 atom stereocenters. The third-order valence-electron chi connectivity index (χ3n) is 3.11. The van der Waals surface area contributed by atoms with E-state index in [2.05, 4.69) is 10.2 Å². The van der Waals surface area contributed by atoms with Crippen LogP contribution in [-0.4, -0.2) is 32.7 Å². The monoisotopic (exact) mass is 347 g/mol. The van der Waals surface area contributed by atoms with E-state index in [-0.39, 0.29) is 6.09 Å². The lowest BCUT2D eigenvalue weighted by Gasteiger charge is -2.19. The van der Waals surface area contributed by atoms with E-state index >= 15 is 0 Å². The van der Waals surface area contributed by atoms with Crippen molar-refractivity contribution < 1.29 is 9.53 Å². The van der Waals surface area contributed by atoms with E-state index in [1.54, 1.807) is 29.3 Å². The predicted octanol–water partition coefficient (Wildman–Crippen LogP) is 4.66. The molecule has 2 aromatic heterocycles. The summed E-state index contributed by atoms with van der Waals surface area (Å²) in [5, 5.41) is 10.2. The van der Waals surface area contributed by atoms with E-state index < -0.39 is 5.60 Å². The molecule has 3 rings (SSSR count). The van der Waals surface area contributed by atoms with Crippen molar-refractivity contribution in [2.45, 2.75) is 30.7 Å². The summed E-state index contributed by atoms with van der Waals surface area (Å²) in [7, 11) is 0. The third-order valence-corrected chi connectivity index (χ3v) is 5.06. The highest BCUT2D eigenvalue weighted by molar-refractivity contribution is 8.00. The maximum absolute atomic E-state index is 12.3. The molecule has 5 nitrogen and oxygen atoms in total. The lowest BCUT2D eigenvalue weighted by Crippen LogP contribution is -2.26. The summed E-state index contributed by atoms with van der Waals surface area (Å²) in [6.07, 6.45) is 3.34. The van der Waals surface area contributed by atoms with Gasteiger partial charge in [0.1, 0.15) is 10.6 Å². The Morgan fingerprint density at radius 3 is 2.70 bits per heavy atom. The first-order chi connectivity index (χ1) is 10.9. The van der Waals surface area contributed by atoms with Gasteiger partial charge in [0, 0.05) is 17.1 Å². The Labute approximate surface area is 142 Å². The van der Waals surface area contributed by atoms with Gasteiger partial charge in [-0.05, 0) is 51.3 Å². The van der Waals surface area contributed by atoms with Gasteiger partial charge in [-0.15, -0.1) is 10.2 Å². The molecule has 2 heterocycles. The van der Waals surface area contributed by atoms with E-state index in [0.717, 1.165) is 25.8 Å². The van der Waals surface area contributed by atoms with Crippen molar-refractivity contribution >= 4 is 40.1 Å². The zero-order valence-corrected chi connectivity index (χ0v) is 15.0. The van der Waals surface area contributed by atoms with Gasteiger partial charge in [0.2, 0.25) is 0 Å². The summed E-state index contributed by atoms with van der Waals surface area (Å²) >= 11 is 3.14. The third kappa shape index (κ3) is 3.40. The van der Waals surface area contributed by atoms with Gasteiger partial charge < -0.3 is 4.74 Å². The summed E-state index contributed by atoms with van der Waals surface area (Å²) < 4.78 is 7.89. The van der Waals surface area contributed by atoms with Crippen LogP contribution in [0.5, 0.6) is 0 Å². The largest absolute Gasteiger partial charge is 0.443 e. The van der Waals surface area contributed by atoms with Gasteiger partial charge in [-0.2, -0.15) is 0 Å². The van der Waals surface area contributed by atoms with Gasteiger partial charge in [-0.1, -0.05) is 23.1 Å². The van der Waals surface area contributed by atoms with Crippen molar-refractivity contribution in [3.63, 3.8) is 0 Å². The quantitative estimate of drug-likeness (QED) is 0.631. The fourth-order valence-corrected chi connectivity index (χ4v) is 3.42. The number of carbonyl (C=O) groups is 1. The molecule has 0 radical (unpaired) electrons. The zero-order valence-electron chi connectivity index (χ0n) is 13.4. The van der Waals surface area contributed by atoms with Crippen LogP contribution < -0.4 is 0 Å². The molecule has 0 N–H and O–H groups in total. The van der Waals surface area contributed by atoms with Crippen molar-refractivity contribution in [2.24, 2.45) is 0 Å². The molecule has 0 fully saturated rings. The lowest BCUT2D eigenvalue weighted by atomic mass is 10.2. The van der Waals surface area contributed by atoms with Gasteiger partial charge in [-0.3, -0.25) is 4.57 Å². The molecule has 23 heavy (non-hydrogen) atoms. The van der Waals surface area contributed by atoms with E-state index in [1.165, 1.54) is 4.57 Å². The summed E-state index contributed by atoms with van der Waals surface area (Å²) in [6.45, 7) is 5.56. The number of fused-ring (bicyclic) bond motifs is 1. The predicted molar refractivity (Wildman–Crippen MR) is 94.3 cm³/mol. The Bertz CT molecular complexity index is 862. The second-order valence-electron chi connectivity index (χ2n) is 6.02. The van der Waals surface area contributed by atoms with E-state index in [1.807, 2.05) is 51.3 Å². The maximum atomic E-state index is 12.3. The molecular weight excluding hydrogens is 330 g/mol. The standard InChI is InChI=1S/C16H17N3O2S2/c1-16(2,3)21-15(20)19-8-7-10-9-11(5-6-12(10)19)13-17-18-14(22-4)23-13/h5-9H,1-4H3. The second kappa shape index (κ2) is 5.98. The summed E-state index contributed by atoms with van der Waals surface area (Å²) in [5.41, 5.74) is 1.30. The molecule has 0 amide bonds. The summed E-state index contributed by atoms with van der Waals surface area (Å²) in [6, 6.07) is 7.78. The minimum Gasteiger partial charge on any atom is -0.443 e. The van der Waals surface area contributed by atoms with Crippen LogP contribution in [-0.2, 0) is 4.74 Å². The van der Waals surface area contributed by atoms with Crippen LogP contribution >= 0.6 is 23.1 Å². The number of ether oxygens (including phenoxy) is 1. The van der Waals surface area contributed by atoms with Crippen molar-refractivity contribution in [3.8, 4) is 10.6 Å². The van der Waals surface area contributed by atoms with Crippen LogP contribution in [0.2, 0.25) is 0 Å². The molecule has 0 aliphatic rings. The zero-order chi connectivity index (χ0) is 16.6. The molecule has 120 valence electrons. The molecule has 7 heteroatoms. The molecular formula is C16H17N3O2S2. The van der Waals surface area contributed by atoms with Crippen LogP contribution in [0.4, 0.5) is 4.79 Å². The van der Waals surface area contributed by atoms with E-state index in [0.29, 0.717) is 0 Å². The average Bonchev–Trinajstić information content (AvgIpc) is 3.11. The Kier molecular flexibility index (Phi) is 4.16. The number of hydrogen-bond acceptors (Lipinski definition) is 6. The highest BCUT2D eigenvalue weighted by atomic mass is 32.2. The lowest BCUT2D eigenvalue weighted by molar-refractivity contribution is 0.0544. The molecule has 0 aliphatic carbocycles. The topological polar surface area (TPSA) is 57.0 Å². The van der Waals surface area contributed by atoms with Crippen molar-refractivity contribution in [1.82, 2.24) is 14.8 Å². The van der Waals surface area contributed by atoms with Crippen LogP contribution in [0.3, 0.4) is 0 Å². The Morgan fingerprint density at radius 2 is 2.04 bits per heavy atom. The minimum absolute atomic E-state index is 0.374. The molecule has 3 aromatic rings. The average molecular weight is 347 g/mol. The minimum atomic E-state index is -0.519. The van der Waals surface area contributed by atoms with Crippen molar-refractivity contribution in [2.75, 3.05) is 6.26 Å². The SMILES string of the molecule is CSc1nnc(-c2ccc3c(ccn3C(=O)OC(C)(C)C)c2)s1. The number of nitrogens with zero attached hydrogens (tertiary/aromatic N) is 3. The molecule has 0 saturated heterocycles. The highest BCUT2D eigenvalue weighted by Crippen LogP contribution is 2.30. The number of hydrogen-bond donors (Lipinski definition) is 0. The van der Waals surface area contributed by atoms with Crippen LogP contribution in [0.25, 0.3) is 21.5 Å². The Morgan fingerprint density at radius 1 is 1.26 bits per heavy atom. The first-order valence-electron chi connectivity index (χ1n) is 7.10. The Hall–Kier alpha value is -1.86. The number of thioether (sulfide) groups is 1. The molecule has 0 aliphatic heterocycles. The summed E-state index contributed by atoms with van der Waals surface area (Å²) in [5.74, 6) is 0. The number of benzene rings is 1. The van der Waals surface area contributed by atoms with Crippen LogP contribution in [0.1, 0.15) is 20.8 Å². The molecule has 0 bridgehead atoms. The van der Waals surface area contributed by atoms with Gasteiger partial charge >= 0.3 is 6.09 Å². The fraction of sp³-hybridized carbons (Fsp3) is 0.312. The van der Waals surface area contributed by atoms with Gasteiger partial charge in [-0.25, -0.2) is 4.79 Å². The van der Waals surface area contributed by atoms with E-state index in [9.17, 15) is 4.79 Å². The second-order valence-corrected chi connectivity index (χ2v) is 8.05. The molecule has 0 spiro atoms. The fourth-order valence-electron chi connectivity index (χ4n) is 2.15. The number of carbonyl (C=O) groups excluding carboxylic acids is 1. The van der Waals surface area contributed by atoms with Crippen LogP contribution in [0.15, 0.2) is 34.8 Å². The Balaban J connectivity index is 1.95. The maximum Gasteiger partial charge on any atom is 0.418 e. The van der Waals surface area contributed by atoms with Crippen molar-refractivity contribution in [3.05, 3.63) is 30.5 Å². The smallest absolute Gasteiger partial charge is 0.418 e. The molecule has 0 unspecified atom stereocenters. The first-order valence-corrected chi connectivity index (χ1v) is 9.14. The normalized spacial score (nSPS) is 11.8. The first kappa shape index (κ1) is 16.0. The highest BCUT2D eigenvalue weighted by Gasteiger charge is 2.19.